The molecule has 28 valence electrons. The molecule has 0 atom stereocenters. The van der Waals surface area contributed by atoms with Crippen LogP contribution in [0.3, 0.4) is 0 Å². The second-order valence-corrected chi connectivity index (χ2v) is 0. The van der Waals surface area contributed by atoms with E-state index >= 15 is 0 Å². The van der Waals surface area contributed by atoms with Crippen LogP contribution in [-0.2, 0) is 38.2 Å². The molecule has 0 heterocycles. The first-order chi connectivity index (χ1) is 1.00. The maximum atomic E-state index is 2.71. The van der Waals surface area contributed by atoms with Gasteiger partial charge in [-0.1, -0.05) is 0 Å². The van der Waals surface area contributed by atoms with Gasteiger partial charge < -0.3 is 0 Å². The molecule has 0 aromatic rings. The Kier molecular flexibility index (Phi) is 64.4. The maximum Gasteiger partial charge on any atom is 0 e. The third-order valence-electron chi connectivity index (χ3n) is 0. The summed E-state index contributed by atoms with van der Waals surface area (Å²) in [6.45, 7) is 0. The van der Waals surface area contributed by atoms with E-state index in [1.165, 1.54) is 17.2 Å². The molecule has 0 amide bonds. The van der Waals surface area contributed by atoms with E-state index in [1.54, 1.807) is 0 Å². The van der Waals surface area contributed by atoms with E-state index < -0.39 is 0 Å². The van der Waals surface area contributed by atoms with E-state index in [0.29, 0.717) is 0 Å². The van der Waals surface area contributed by atoms with Crippen LogP contribution in [0.5, 0.6) is 0 Å². The van der Waals surface area contributed by atoms with Crippen molar-refractivity contribution >= 4 is 12.8 Å². The predicted molar refractivity (Wildman–Crippen MR) is 5.75 cm³/mol. The normalized spacial score (nSPS) is 1.00. The summed E-state index contributed by atoms with van der Waals surface area (Å²) in [5, 5.41) is 0. The van der Waals surface area contributed by atoms with Gasteiger partial charge in [-0.05, 0) is 0 Å². The minimum absolute atomic E-state index is 0. The zero-order chi connectivity index (χ0) is 2.00. The van der Waals surface area contributed by atoms with Crippen LogP contribution < -0.4 is 0 Å². The zero-order valence-corrected chi connectivity index (χ0v) is 11.1. The summed E-state index contributed by atoms with van der Waals surface area (Å²) >= 11 is 4.17. The van der Waals surface area contributed by atoms with Gasteiger partial charge in [-0.25, -0.2) is 0 Å². The Morgan fingerprint density at radius 2 is 1.25 bits per heavy atom. The summed E-state index contributed by atoms with van der Waals surface area (Å²) in [6, 6.07) is 0. The monoisotopic (exact) mass is 612 g/mol. The van der Waals surface area contributed by atoms with Gasteiger partial charge >= 0.3 is 30.0 Å². The Bertz CT molecular complexity index is 6.00. The average Bonchev–Trinajstić information content (AvgIpc) is 1.00. The molecule has 0 aliphatic carbocycles. The molecule has 0 saturated carbocycles. The van der Waals surface area contributed by atoms with Crippen LogP contribution in [-0.4, -0.2) is 12.8 Å². The number of hydrogen-bond donors (Lipinski definition) is 0. The van der Waals surface area contributed by atoms with Gasteiger partial charge in [0.05, 0.1) is 0 Å². The summed E-state index contributed by atoms with van der Waals surface area (Å²) in [5.74, 6) is 0. The summed E-state index contributed by atoms with van der Waals surface area (Å²) in [5.41, 5.74) is 0. The molecule has 0 saturated heterocycles. The van der Waals surface area contributed by atoms with Gasteiger partial charge in [0.1, 0.15) is 0 Å². The summed E-state index contributed by atoms with van der Waals surface area (Å²) in [6.07, 6.45) is 0. The van der Waals surface area contributed by atoms with Crippen molar-refractivity contribution in [2.24, 2.45) is 0 Å². The molecular formula is DySeW2. The van der Waals surface area contributed by atoms with Gasteiger partial charge in [0.25, 0.3) is 0 Å². The van der Waals surface area contributed by atoms with Gasteiger partial charge in [0.2, 0.25) is 0 Å². The second-order valence-electron chi connectivity index (χ2n) is 0. The molecule has 4 heteroatoms. The molecule has 0 radical (unpaired) electrons. The van der Waals surface area contributed by atoms with Gasteiger partial charge in [-0.3, -0.25) is 0 Å². The van der Waals surface area contributed by atoms with Crippen LogP contribution in [0, 0.1) is 38.2 Å². The zero-order valence-electron chi connectivity index (χ0n) is 1.54. The van der Waals surface area contributed by atoms with Crippen molar-refractivity contribution in [2.45, 2.75) is 0 Å². The fourth-order valence-electron chi connectivity index (χ4n) is 0. The second kappa shape index (κ2) is 16.4. The Morgan fingerprint density at radius 1 is 1.25 bits per heavy atom. The predicted octanol–water partition coefficient (Wildman–Crippen LogP) is -0.386. The molecule has 0 fully saturated rings. The standard InChI is InChI=1S/Dy.Se.2W. The van der Waals surface area contributed by atoms with Crippen molar-refractivity contribution in [1.29, 1.82) is 0 Å². The molecule has 0 nitrogen and oxygen atoms in total. The van der Waals surface area contributed by atoms with Crippen LogP contribution in [0.15, 0.2) is 0 Å². The minimum atomic E-state index is 0. The Balaban J connectivity index is -0.00000000500. The Morgan fingerprint density at radius 3 is 1.25 bits per heavy atom. The van der Waals surface area contributed by atoms with Crippen molar-refractivity contribution in [1.82, 2.24) is 0 Å². The molecular weight excluding hydrogens is 609 g/mol. The molecule has 0 bridgehead atoms. The smallest absolute Gasteiger partial charge is 0 e. The quantitative estimate of drug-likeness (QED) is 0.329. The van der Waals surface area contributed by atoms with Crippen LogP contribution >= 0.6 is 0 Å². The van der Waals surface area contributed by atoms with Crippen LogP contribution in [0.25, 0.3) is 0 Å². The third kappa shape index (κ3) is 8.95. The molecule has 4 heavy (non-hydrogen) atoms. The van der Waals surface area contributed by atoms with Crippen molar-refractivity contribution < 1.29 is 76.4 Å². The van der Waals surface area contributed by atoms with E-state index in [0.717, 1.165) is 0 Å². The van der Waals surface area contributed by atoms with Crippen LogP contribution in [0.1, 0.15) is 0 Å². The molecule has 0 unspecified atom stereocenters. The Labute approximate surface area is 87.1 Å². The fourth-order valence-corrected chi connectivity index (χ4v) is 0. The van der Waals surface area contributed by atoms with Gasteiger partial charge in [0, 0.05) is 59.2 Å². The van der Waals surface area contributed by atoms with E-state index in [2.05, 4.69) is 12.8 Å². The summed E-state index contributed by atoms with van der Waals surface area (Å²) in [4.78, 5) is 0. The maximum absolute atomic E-state index is 2.71. The largest absolute Gasteiger partial charge is 0 e. The van der Waals surface area contributed by atoms with E-state index in [9.17, 15) is 0 Å². The first kappa shape index (κ1) is 15.7. The average molecular weight is 609 g/mol. The van der Waals surface area contributed by atoms with Crippen molar-refractivity contribution in [3.63, 3.8) is 0 Å². The molecule has 0 spiro atoms. The van der Waals surface area contributed by atoms with Crippen molar-refractivity contribution in [3.8, 4) is 0 Å². The van der Waals surface area contributed by atoms with E-state index in [1.807, 2.05) is 0 Å². The SMILES string of the molecule is [Dy].[Se]=[W].[W]. The minimum Gasteiger partial charge on any atom is 0 e. The number of rotatable bonds is 0. The summed E-state index contributed by atoms with van der Waals surface area (Å²) in [7, 11) is 0. The summed E-state index contributed by atoms with van der Waals surface area (Å²) < 4.78 is 0. The third-order valence-corrected chi connectivity index (χ3v) is 0. The topological polar surface area (TPSA) is 0 Å². The molecule has 0 rings (SSSR count). The fraction of sp³-hybridized carbons (Fsp3) is 0. The van der Waals surface area contributed by atoms with Crippen molar-refractivity contribution in [3.05, 3.63) is 0 Å². The van der Waals surface area contributed by atoms with Gasteiger partial charge in [0.15, 0.2) is 0 Å². The number of hydrogen-bond acceptors (Lipinski definition) is 0. The van der Waals surface area contributed by atoms with Crippen LogP contribution in [0.2, 0.25) is 0 Å². The van der Waals surface area contributed by atoms with Gasteiger partial charge in [-0.15, -0.1) is 0 Å². The van der Waals surface area contributed by atoms with Gasteiger partial charge in [-0.2, -0.15) is 0 Å². The first-order valence-corrected chi connectivity index (χ1v) is 7.09. The van der Waals surface area contributed by atoms with Crippen molar-refractivity contribution in [2.75, 3.05) is 0 Å². The first-order valence-electron chi connectivity index (χ1n) is 0.167. The molecule has 0 aromatic carbocycles. The molecule has 0 N–H and O–H groups in total. The van der Waals surface area contributed by atoms with E-state index in [4.69, 9.17) is 0 Å². The Hall–Kier alpha value is 3.17. The van der Waals surface area contributed by atoms with E-state index in [-0.39, 0.29) is 59.2 Å². The molecule has 0 aliphatic rings. The molecule has 0 aromatic heterocycles. The molecule has 0 aliphatic heterocycles. The van der Waals surface area contributed by atoms with Crippen LogP contribution in [0.4, 0.5) is 0 Å².